The highest BCUT2D eigenvalue weighted by atomic mass is 35.5. The fourth-order valence-electron chi connectivity index (χ4n) is 1.11. The third-order valence-corrected chi connectivity index (χ3v) is 2.56. The molecule has 60 valence electrons. The normalized spacial score (nSPS) is 10.2. The van der Waals surface area contributed by atoms with Crippen molar-refractivity contribution < 1.29 is 0 Å². The molecule has 11 heavy (non-hydrogen) atoms. The molecule has 0 aromatic heterocycles. The smallest absolute Gasteiger partial charge is 0.0474 e. The van der Waals surface area contributed by atoms with Crippen LogP contribution in [-0.4, -0.2) is 0 Å². The fourth-order valence-corrected chi connectivity index (χ4v) is 1.38. The van der Waals surface area contributed by atoms with Crippen LogP contribution >= 0.6 is 23.2 Å². The van der Waals surface area contributed by atoms with Crippen molar-refractivity contribution in [3.05, 3.63) is 33.8 Å². The zero-order chi connectivity index (χ0) is 8.43. The quantitative estimate of drug-likeness (QED) is 0.591. The van der Waals surface area contributed by atoms with Crippen LogP contribution in [0.4, 0.5) is 0 Å². The maximum Gasteiger partial charge on any atom is 0.0474 e. The lowest BCUT2D eigenvalue weighted by Gasteiger charge is -2.04. The SMILES string of the molecule is Cc1cc(CCl)cc(C)c1Cl. The predicted octanol–water partition coefficient (Wildman–Crippen LogP) is 3.70. The molecule has 0 aliphatic rings. The largest absolute Gasteiger partial charge is 0.122 e. The monoisotopic (exact) mass is 188 g/mol. The highest BCUT2D eigenvalue weighted by molar-refractivity contribution is 6.32. The van der Waals surface area contributed by atoms with Crippen LogP contribution in [0.3, 0.4) is 0 Å². The van der Waals surface area contributed by atoms with Gasteiger partial charge in [-0.15, -0.1) is 11.6 Å². The highest BCUT2D eigenvalue weighted by Gasteiger charge is 2.00. The number of hydrogen-bond acceptors (Lipinski definition) is 0. The lowest BCUT2D eigenvalue weighted by atomic mass is 10.1. The molecule has 2 heteroatoms. The number of alkyl halides is 1. The van der Waals surface area contributed by atoms with E-state index in [4.69, 9.17) is 23.2 Å². The van der Waals surface area contributed by atoms with Crippen molar-refractivity contribution >= 4 is 23.2 Å². The van der Waals surface area contributed by atoms with Gasteiger partial charge in [-0.3, -0.25) is 0 Å². The Morgan fingerprint density at radius 2 is 1.64 bits per heavy atom. The molecule has 0 radical (unpaired) electrons. The summed E-state index contributed by atoms with van der Waals surface area (Å²) in [7, 11) is 0. The zero-order valence-corrected chi connectivity index (χ0v) is 8.13. The van der Waals surface area contributed by atoms with Crippen LogP contribution in [0.25, 0.3) is 0 Å². The average molecular weight is 189 g/mol. The van der Waals surface area contributed by atoms with Gasteiger partial charge in [0.15, 0.2) is 0 Å². The Morgan fingerprint density at radius 3 is 2.00 bits per heavy atom. The van der Waals surface area contributed by atoms with E-state index in [0.717, 1.165) is 21.7 Å². The Balaban J connectivity index is 3.21. The molecule has 0 fully saturated rings. The first-order valence-corrected chi connectivity index (χ1v) is 4.38. The Hall–Kier alpha value is -0.200. The van der Waals surface area contributed by atoms with Gasteiger partial charge in [0, 0.05) is 10.9 Å². The van der Waals surface area contributed by atoms with Gasteiger partial charge in [-0.25, -0.2) is 0 Å². The Bertz CT molecular complexity index is 243. The van der Waals surface area contributed by atoms with Gasteiger partial charge in [-0.1, -0.05) is 23.7 Å². The van der Waals surface area contributed by atoms with Crippen molar-refractivity contribution in [2.45, 2.75) is 19.7 Å². The number of rotatable bonds is 1. The first-order valence-electron chi connectivity index (χ1n) is 3.46. The fraction of sp³-hybridized carbons (Fsp3) is 0.333. The Morgan fingerprint density at radius 1 is 1.18 bits per heavy atom. The molecule has 0 bridgehead atoms. The van der Waals surface area contributed by atoms with Gasteiger partial charge in [-0.05, 0) is 30.5 Å². The molecule has 1 aromatic rings. The third-order valence-electron chi connectivity index (χ3n) is 1.65. The van der Waals surface area contributed by atoms with Crippen LogP contribution in [0.15, 0.2) is 12.1 Å². The van der Waals surface area contributed by atoms with E-state index in [-0.39, 0.29) is 0 Å². The van der Waals surface area contributed by atoms with Gasteiger partial charge in [0.05, 0.1) is 0 Å². The van der Waals surface area contributed by atoms with Crippen molar-refractivity contribution in [2.75, 3.05) is 0 Å². The van der Waals surface area contributed by atoms with Gasteiger partial charge in [0.1, 0.15) is 0 Å². The van der Waals surface area contributed by atoms with E-state index in [1.165, 1.54) is 0 Å². The minimum Gasteiger partial charge on any atom is -0.122 e. The van der Waals surface area contributed by atoms with Crippen molar-refractivity contribution in [1.29, 1.82) is 0 Å². The van der Waals surface area contributed by atoms with Crippen molar-refractivity contribution in [3.8, 4) is 0 Å². The molecule has 1 aromatic carbocycles. The number of aryl methyl sites for hydroxylation is 2. The molecule has 0 heterocycles. The van der Waals surface area contributed by atoms with Gasteiger partial charge >= 0.3 is 0 Å². The van der Waals surface area contributed by atoms with Crippen LogP contribution in [0.2, 0.25) is 5.02 Å². The second-order valence-electron chi connectivity index (χ2n) is 2.68. The lowest BCUT2D eigenvalue weighted by molar-refractivity contribution is 1.29. The number of hydrogen-bond donors (Lipinski definition) is 0. The van der Waals surface area contributed by atoms with E-state index in [1.807, 2.05) is 26.0 Å². The van der Waals surface area contributed by atoms with Gasteiger partial charge in [0.25, 0.3) is 0 Å². The molecule has 0 saturated carbocycles. The molecule has 0 saturated heterocycles. The van der Waals surface area contributed by atoms with Crippen molar-refractivity contribution in [3.63, 3.8) is 0 Å². The molecule has 0 nitrogen and oxygen atoms in total. The number of halogens is 2. The third kappa shape index (κ3) is 1.88. The molecule has 0 unspecified atom stereocenters. The Labute approximate surface area is 77.1 Å². The maximum atomic E-state index is 5.96. The van der Waals surface area contributed by atoms with Crippen LogP contribution < -0.4 is 0 Å². The van der Waals surface area contributed by atoms with E-state index in [0.29, 0.717) is 5.88 Å². The van der Waals surface area contributed by atoms with E-state index < -0.39 is 0 Å². The maximum absolute atomic E-state index is 5.96. The van der Waals surface area contributed by atoms with E-state index in [2.05, 4.69) is 0 Å². The summed E-state index contributed by atoms with van der Waals surface area (Å²) in [6.45, 7) is 3.98. The summed E-state index contributed by atoms with van der Waals surface area (Å²) >= 11 is 11.6. The van der Waals surface area contributed by atoms with Crippen molar-refractivity contribution in [2.24, 2.45) is 0 Å². The molecule has 0 aliphatic carbocycles. The van der Waals surface area contributed by atoms with Gasteiger partial charge < -0.3 is 0 Å². The summed E-state index contributed by atoms with van der Waals surface area (Å²) in [6.07, 6.45) is 0. The molecule has 0 amide bonds. The van der Waals surface area contributed by atoms with Gasteiger partial charge in [0.2, 0.25) is 0 Å². The summed E-state index contributed by atoms with van der Waals surface area (Å²) in [5.74, 6) is 0.554. The van der Waals surface area contributed by atoms with E-state index in [9.17, 15) is 0 Å². The minimum absolute atomic E-state index is 0.554. The molecule has 1 rings (SSSR count). The van der Waals surface area contributed by atoms with Crippen LogP contribution in [0.1, 0.15) is 16.7 Å². The zero-order valence-electron chi connectivity index (χ0n) is 6.62. The number of benzene rings is 1. The van der Waals surface area contributed by atoms with Gasteiger partial charge in [-0.2, -0.15) is 0 Å². The average Bonchev–Trinajstić information content (AvgIpc) is 1.99. The molecule has 0 spiro atoms. The molecular weight excluding hydrogens is 179 g/mol. The second kappa shape index (κ2) is 3.46. The topological polar surface area (TPSA) is 0 Å². The van der Waals surface area contributed by atoms with Crippen LogP contribution in [0, 0.1) is 13.8 Å². The van der Waals surface area contributed by atoms with Crippen LogP contribution in [-0.2, 0) is 5.88 Å². The molecule has 0 N–H and O–H groups in total. The van der Waals surface area contributed by atoms with Crippen molar-refractivity contribution in [1.82, 2.24) is 0 Å². The standard InChI is InChI=1S/C9H10Cl2/c1-6-3-8(5-10)4-7(2)9(6)11/h3-4H,5H2,1-2H3. The first kappa shape index (κ1) is 8.89. The summed E-state index contributed by atoms with van der Waals surface area (Å²) in [4.78, 5) is 0. The molecule has 0 aliphatic heterocycles. The summed E-state index contributed by atoms with van der Waals surface area (Å²) in [5, 5.41) is 0.846. The Kier molecular flexibility index (Phi) is 2.80. The minimum atomic E-state index is 0.554. The summed E-state index contributed by atoms with van der Waals surface area (Å²) in [5.41, 5.74) is 3.33. The van der Waals surface area contributed by atoms with E-state index >= 15 is 0 Å². The highest BCUT2D eigenvalue weighted by Crippen LogP contribution is 2.22. The summed E-state index contributed by atoms with van der Waals surface area (Å²) in [6, 6.07) is 4.03. The lowest BCUT2D eigenvalue weighted by Crippen LogP contribution is -1.85. The second-order valence-corrected chi connectivity index (χ2v) is 3.32. The van der Waals surface area contributed by atoms with E-state index in [1.54, 1.807) is 0 Å². The predicted molar refractivity (Wildman–Crippen MR) is 50.5 cm³/mol. The van der Waals surface area contributed by atoms with Crippen LogP contribution in [0.5, 0.6) is 0 Å². The first-order chi connectivity index (χ1) is 5.15. The molecular formula is C9H10Cl2. The molecule has 0 atom stereocenters. The summed E-state index contributed by atoms with van der Waals surface area (Å²) < 4.78 is 0.